The van der Waals surface area contributed by atoms with Crippen molar-refractivity contribution >= 4 is 15.9 Å². The normalized spacial score (nSPS) is 13.0. The summed E-state index contributed by atoms with van der Waals surface area (Å²) in [5.74, 6) is -0.298. The topological polar surface area (TPSA) is 69.7 Å². The zero-order valence-electron chi connectivity index (χ0n) is 17.1. The summed E-state index contributed by atoms with van der Waals surface area (Å²) in [4.78, 5) is 14.8. The van der Waals surface area contributed by atoms with Gasteiger partial charge >= 0.3 is 0 Å². The van der Waals surface area contributed by atoms with E-state index < -0.39 is 10.0 Å². The van der Waals surface area contributed by atoms with Crippen LogP contribution in [0.5, 0.6) is 0 Å². The van der Waals surface area contributed by atoms with Gasteiger partial charge in [0.15, 0.2) is 0 Å². The summed E-state index contributed by atoms with van der Waals surface area (Å²) >= 11 is 0. The lowest BCUT2D eigenvalue weighted by Crippen LogP contribution is -2.34. The molecule has 0 saturated heterocycles. The molecule has 0 aromatic heterocycles. The minimum Gasteiger partial charge on any atom is -0.350 e. The summed E-state index contributed by atoms with van der Waals surface area (Å²) in [6, 6.07) is 14.5. The van der Waals surface area contributed by atoms with Crippen molar-refractivity contribution in [1.29, 1.82) is 0 Å². The number of sulfonamides is 1. The van der Waals surface area contributed by atoms with Gasteiger partial charge in [0.2, 0.25) is 10.0 Å². The smallest absolute Gasteiger partial charge is 0.251 e. The SMILES string of the molecule is CCc1ccc([C@H](CNC(=O)c2cccc(S(=O)(=O)N(C)C)c2)N(C)C)cc1. The molecular formula is C21H29N3O3S. The molecule has 1 N–H and O–H groups in total. The highest BCUT2D eigenvalue weighted by atomic mass is 32.2. The van der Waals surface area contributed by atoms with Gasteiger partial charge in [-0.3, -0.25) is 4.79 Å². The van der Waals surface area contributed by atoms with Crippen LogP contribution in [0.2, 0.25) is 0 Å². The summed E-state index contributed by atoms with van der Waals surface area (Å²) in [5, 5.41) is 2.93. The third-order valence-electron chi connectivity index (χ3n) is 4.73. The number of carbonyl (C=O) groups excluding carboxylic acids is 1. The Kier molecular flexibility index (Phi) is 7.35. The molecule has 6 nitrogen and oxygen atoms in total. The minimum absolute atomic E-state index is 0.0172. The first-order chi connectivity index (χ1) is 13.2. The highest BCUT2D eigenvalue weighted by Gasteiger charge is 2.20. The molecule has 0 aliphatic rings. The Labute approximate surface area is 168 Å². The molecule has 0 spiro atoms. The molecule has 2 rings (SSSR count). The van der Waals surface area contributed by atoms with Crippen LogP contribution in [0.25, 0.3) is 0 Å². The number of amides is 1. The molecule has 0 radical (unpaired) electrons. The molecular weight excluding hydrogens is 374 g/mol. The molecule has 1 atom stereocenters. The maximum absolute atomic E-state index is 12.6. The van der Waals surface area contributed by atoms with E-state index in [0.717, 1.165) is 16.3 Å². The first kappa shape index (κ1) is 22.1. The summed E-state index contributed by atoms with van der Waals surface area (Å²) in [5.41, 5.74) is 2.71. The fourth-order valence-electron chi connectivity index (χ4n) is 2.87. The molecule has 2 aromatic carbocycles. The highest BCUT2D eigenvalue weighted by molar-refractivity contribution is 7.89. The van der Waals surface area contributed by atoms with Crippen LogP contribution < -0.4 is 5.32 Å². The molecule has 0 unspecified atom stereocenters. The molecule has 28 heavy (non-hydrogen) atoms. The molecule has 152 valence electrons. The Morgan fingerprint density at radius 2 is 1.68 bits per heavy atom. The molecule has 0 bridgehead atoms. The summed E-state index contributed by atoms with van der Waals surface area (Å²) in [6.45, 7) is 2.53. The van der Waals surface area contributed by atoms with Crippen LogP contribution >= 0.6 is 0 Å². The van der Waals surface area contributed by atoms with Crippen LogP contribution in [0.3, 0.4) is 0 Å². The second-order valence-electron chi connectivity index (χ2n) is 7.10. The third-order valence-corrected chi connectivity index (χ3v) is 6.54. The van der Waals surface area contributed by atoms with E-state index in [2.05, 4.69) is 36.5 Å². The number of rotatable bonds is 8. The van der Waals surface area contributed by atoms with Crippen LogP contribution in [0, 0.1) is 0 Å². The van der Waals surface area contributed by atoms with Crippen molar-refractivity contribution < 1.29 is 13.2 Å². The lowest BCUT2D eigenvalue weighted by atomic mass is 10.0. The van der Waals surface area contributed by atoms with E-state index in [4.69, 9.17) is 0 Å². The standard InChI is InChI=1S/C21H29N3O3S/c1-6-16-10-12-17(13-11-16)20(23(2)3)15-22-21(25)18-8-7-9-19(14-18)28(26,27)24(4)5/h7-14,20H,6,15H2,1-5H3,(H,22,25)/t20-/m0/s1. The van der Waals surface area contributed by atoms with Crippen LogP contribution in [0.4, 0.5) is 0 Å². The van der Waals surface area contributed by atoms with Crippen LogP contribution in [0.15, 0.2) is 53.4 Å². The van der Waals surface area contributed by atoms with Gasteiger partial charge in [-0.15, -0.1) is 0 Å². The first-order valence-electron chi connectivity index (χ1n) is 9.23. The Bertz CT molecular complexity index is 907. The van der Waals surface area contributed by atoms with Gasteiger partial charge in [-0.05, 0) is 49.8 Å². The third kappa shape index (κ3) is 5.19. The van der Waals surface area contributed by atoms with Crippen molar-refractivity contribution in [3.63, 3.8) is 0 Å². The predicted molar refractivity (Wildman–Crippen MR) is 112 cm³/mol. The van der Waals surface area contributed by atoms with Crippen molar-refractivity contribution in [3.8, 4) is 0 Å². The van der Waals surface area contributed by atoms with Gasteiger partial charge in [0, 0.05) is 26.2 Å². The Morgan fingerprint density at radius 3 is 2.21 bits per heavy atom. The zero-order valence-corrected chi connectivity index (χ0v) is 18.0. The van der Waals surface area contributed by atoms with Crippen molar-refractivity contribution in [1.82, 2.24) is 14.5 Å². The molecule has 0 saturated carbocycles. The van der Waals surface area contributed by atoms with E-state index in [0.29, 0.717) is 12.1 Å². The van der Waals surface area contributed by atoms with Gasteiger partial charge < -0.3 is 10.2 Å². The molecule has 0 aliphatic heterocycles. The van der Waals surface area contributed by atoms with Crippen molar-refractivity contribution in [2.45, 2.75) is 24.3 Å². The number of likely N-dealkylation sites (N-methyl/N-ethyl adjacent to an activating group) is 1. The largest absolute Gasteiger partial charge is 0.350 e. The van der Waals surface area contributed by atoms with Gasteiger partial charge in [-0.2, -0.15) is 0 Å². The van der Waals surface area contributed by atoms with Crippen LogP contribution in [0.1, 0.15) is 34.5 Å². The lowest BCUT2D eigenvalue weighted by Gasteiger charge is -2.25. The van der Waals surface area contributed by atoms with Gasteiger partial charge in [0.1, 0.15) is 0 Å². The number of hydrogen-bond acceptors (Lipinski definition) is 4. The minimum atomic E-state index is -3.58. The molecule has 0 heterocycles. The summed E-state index contributed by atoms with van der Waals surface area (Å²) in [7, 11) is 3.28. The highest BCUT2D eigenvalue weighted by Crippen LogP contribution is 2.19. The molecule has 7 heteroatoms. The van der Waals surface area contributed by atoms with Crippen LogP contribution in [-0.2, 0) is 16.4 Å². The number of nitrogens with one attached hydrogen (secondary N) is 1. The number of hydrogen-bond donors (Lipinski definition) is 1. The van der Waals surface area contributed by atoms with Crippen molar-refractivity contribution in [2.24, 2.45) is 0 Å². The number of nitrogens with zero attached hydrogens (tertiary/aromatic N) is 2. The van der Waals surface area contributed by atoms with Crippen molar-refractivity contribution in [3.05, 3.63) is 65.2 Å². The van der Waals surface area contributed by atoms with E-state index in [9.17, 15) is 13.2 Å². The van der Waals surface area contributed by atoms with Gasteiger partial charge in [0.25, 0.3) is 5.91 Å². The predicted octanol–water partition coefficient (Wildman–Crippen LogP) is 2.53. The second-order valence-corrected chi connectivity index (χ2v) is 9.25. The average Bonchev–Trinajstić information content (AvgIpc) is 2.68. The summed E-state index contributed by atoms with van der Waals surface area (Å²) in [6.07, 6.45) is 0.982. The maximum Gasteiger partial charge on any atom is 0.251 e. The summed E-state index contributed by atoms with van der Waals surface area (Å²) < 4.78 is 25.7. The van der Waals surface area contributed by atoms with E-state index in [1.54, 1.807) is 12.1 Å². The number of carbonyl (C=O) groups is 1. The Balaban J connectivity index is 2.15. The van der Waals surface area contributed by atoms with Gasteiger partial charge in [-0.25, -0.2) is 12.7 Å². The first-order valence-corrected chi connectivity index (χ1v) is 10.7. The lowest BCUT2D eigenvalue weighted by molar-refractivity contribution is 0.0941. The second kappa shape index (κ2) is 9.32. The average molecular weight is 404 g/mol. The molecule has 0 fully saturated rings. The molecule has 2 aromatic rings. The van der Waals surface area contributed by atoms with E-state index in [1.165, 1.54) is 31.8 Å². The Morgan fingerprint density at radius 1 is 1.04 bits per heavy atom. The quantitative estimate of drug-likeness (QED) is 0.735. The fraction of sp³-hybridized carbons (Fsp3) is 0.381. The van der Waals surface area contributed by atoms with E-state index in [-0.39, 0.29) is 16.8 Å². The van der Waals surface area contributed by atoms with E-state index >= 15 is 0 Å². The monoisotopic (exact) mass is 403 g/mol. The fourth-order valence-corrected chi connectivity index (χ4v) is 3.82. The number of benzene rings is 2. The molecule has 0 aliphatic carbocycles. The zero-order chi connectivity index (χ0) is 20.9. The van der Waals surface area contributed by atoms with Crippen molar-refractivity contribution in [2.75, 3.05) is 34.7 Å². The van der Waals surface area contributed by atoms with Crippen LogP contribution in [-0.4, -0.2) is 58.3 Å². The van der Waals surface area contributed by atoms with E-state index in [1.807, 2.05) is 19.0 Å². The Hall–Kier alpha value is -2.22. The van der Waals surface area contributed by atoms with Gasteiger partial charge in [-0.1, -0.05) is 37.3 Å². The number of aryl methyl sites for hydroxylation is 1. The molecule has 1 amide bonds. The maximum atomic E-state index is 12.6. The van der Waals surface area contributed by atoms with Gasteiger partial charge in [0.05, 0.1) is 10.9 Å².